The molecule has 7 nitrogen and oxygen atoms in total. The van der Waals surface area contributed by atoms with Crippen LogP contribution in [0.4, 0.5) is 13.2 Å². The number of hydrogen-bond acceptors (Lipinski definition) is 6. The van der Waals surface area contributed by atoms with E-state index >= 15 is 0 Å². The van der Waals surface area contributed by atoms with Gasteiger partial charge in [0.15, 0.2) is 0 Å². The predicted octanol–water partition coefficient (Wildman–Crippen LogP) is 1.30. The molecule has 0 bridgehead atoms. The van der Waals surface area contributed by atoms with E-state index in [1.54, 1.807) is 0 Å². The number of nitrogens with one attached hydrogen (secondary N) is 1. The number of amides is 1. The molecule has 0 aliphatic carbocycles. The Morgan fingerprint density at radius 1 is 1.20 bits per heavy atom. The fourth-order valence-corrected chi connectivity index (χ4v) is 1.90. The molecule has 0 spiro atoms. The lowest BCUT2D eigenvalue weighted by Crippen LogP contribution is -2.53. The van der Waals surface area contributed by atoms with Gasteiger partial charge in [0.25, 0.3) is 0 Å². The Labute approximate surface area is 147 Å². The highest BCUT2D eigenvalue weighted by Gasteiger charge is 2.44. The van der Waals surface area contributed by atoms with Crippen LogP contribution in [0.1, 0.15) is 33.6 Å². The summed E-state index contributed by atoms with van der Waals surface area (Å²) in [5.74, 6) is -5.09. The largest absolute Gasteiger partial charge is 0.471 e. The molecule has 0 radical (unpaired) electrons. The third kappa shape index (κ3) is 8.92. The van der Waals surface area contributed by atoms with Crippen molar-refractivity contribution in [1.29, 1.82) is 0 Å². The number of carbonyl (C=O) groups excluding carboxylic acids is 3. The van der Waals surface area contributed by atoms with Crippen molar-refractivity contribution >= 4 is 29.4 Å². The van der Waals surface area contributed by atoms with Gasteiger partial charge in [0.05, 0.1) is 25.0 Å². The molecule has 0 aromatic carbocycles. The fourth-order valence-electron chi connectivity index (χ4n) is 1.70. The highest BCUT2D eigenvalue weighted by atomic mass is 35.5. The molecule has 0 aromatic rings. The average Bonchev–Trinajstić information content (AvgIpc) is 2.43. The molecule has 2 N–H and O–H groups in total. The van der Waals surface area contributed by atoms with Crippen LogP contribution >= 0.6 is 11.6 Å². The van der Waals surface area contributed by atoms with E-state index < -0.39 is 60.0 Å². The number of ether oxygens (including phenoxy) is 2. The van der Waals surface area contributed by atoms with Gasteiger partial charge in [-0.2, -0.15) is 13.2 Å². The van der Waals surface area contributed by atoms with Crippen molar-refractivity contribution in [2.45, 2.75) is 57.0 Å². The monoisotopic (exact) mass is 391 g/mol. The van der Waals surface area contributed by atoms with Crippen LogP contribution in [0.25, 0.3) is 0 Å². The first-order chi connectivity index (χ1) is 11.1. The fraction of sp³-hybridized carbons (Fsp3) is 0.786. The van der Waals surface area contributed by atoms with Gasteiger partial charge in [-0.05, 0) is 20.8 Å². The van der Waals surface area contributed by atoms with Crippen molar-refractivity contribution in [3.05, 3.63) is 0 Å². The molecule has 0 saturated carbocycles. The maximum atomic E-state index is 12.5. The number of methoxy groups -OCH3 is 1. The molecule has 25 heavy (non-hydrogen) atoms. The van der Waals surface area contributed by atoms with Crippen LogP contribution in [0.3, 0.4) is 0 Å². The number of halogens is 4. The first-order valence-corrected chi connectivity index (χ1v) is 7.63. The summed E-state index contributed by atoms with van der Waals surface area (Å²) >= 11 is 5.57. The van der Waals surface area contributed by atoms with Crippen molar-refractivity contribution < 1.29 is 42.1 Å². The smallest absolute Gasteiger partial charge is 0.469 e. The zero-order valence-corrected chi connectivity index (χ0v) is 15.0. The molecule has 0 rings (SSSR count). The highest BCUT2D eigenvalue weighted by molar-refractivity contribution is 6.18. The van der Waals surface area contributed by atoms with Gasteiger partial charge in [0, 0.05) is 6.42 Å². The van der Waals surface area contributed by atoms with Crippen LogP contribution in [0, 0.1) is 0 Å². The molecule has 2 atom stereocenters. The predicted molar refractivity (Wildman–Crippen MR) is 80.8 cm³/mol. The van der Waals surface area contributed by atoms with E-state index in [9.17, 15) is 32.7 Å². The molecule has 0 saturated heterocycles. The van der Waals surface area contributed by atoms with E-state index in [4.69, 9.17) is 16.3 Å². The summed E-state index contributed by atoms with van der Waals surface area (Å²) in [6, 6.07) is -1.87. The van der Waals surface area contributed by atoms with Crippen LogP contribution in [-0.4, -0.2) is 59.4 Å². The van der Waals surface area contributed by atoms with Crippen LogP contribution in [0.5, 0.6) is 0 Å². The van der Waals surface area contributed by atoms with Crippen molar-refractivity contribution in [1.82, 2.24) is 5.32 Å². The van der Waals surface area contributed by atoms with Gasteiger partial charge in [-0.3, -0.25) is 9.59 Å². The van der Waals surface area contributed by atoms with Crippen LogP contribution in [-0.2, 0) is 23.9 Å². The molecule has 0 fully saturated rings. The average molecular weight is 392 g/mol. The van der Waals surface area contributed by atoms with Gasteiger partial charge in [-0.15, -0.1) is 11.6 Å². The molecule has 0 heterocycles. The first-order valence-electron chi connectivity index (χ1n) is 7.09. The van der Waals surface area contributed by atoms with Gasteiger partial charge in [-0.25, -0.2) is 4.79 Å². The highest BCUT2D eigenvalue weighted by Crippen LogP contribution is 2.23. The van der Waals surface area contributed by atoms with Crippen LogP contribution < -0.4 is 5.32 Å². The van der Waals surface area contributed by atoms with Crippen LogP contribution in [0.15, 0.2) is 0 Å². The number of hydrogen-bond donors (Lipinski definition) is 2. The Morgan fingerprint density at radius 3 is 2.08 bits per heavy atom. The van der Waals surface area contributed by atoms with E-state index in [2.05, 4.69) is 4.74 Å². The summed E-state index contributed by atoms with van der Waals surface area (Å²) in [4.78, 5) is 34.6. The first kappa shape index (κ1) is 23.4. The van der Waals surface area contributed by atoms with Crippen molar-refractivity contribution in [2.24, 2.45) is 0 Å². The SMILES string of the molecule is COC(=O)CC(O)(CCl)CC(NC(=O)C(F)(F)F)C(=O)OC(C)(C)C. The number of rotatable bonds is 7. The van der Waals surface area contributed by atoms with Gasteiger partial charge < -0.3 is 19.9 Å². The van der Waals surface area contributed by atoms with Gasteiger partial charge >= 0.3 is 24.0 Å². The lowest BCUT2D eigenvalue weighted by atomic mass is 9.93. The molecular formula is C14H21ClF3NO6. The molecule has 0 aromatic heterocycles. The number of alkyl halides is 4. The zero-order valence-electron chi connectivity index (χ0n) is 14.2. The minimum absolute atomic E-state index is 0.594. The van der Waals surface area contributed by atoms with Gasteiger partial charge in [0.2, 0.25) is 0 Å². The summed E-state index contributed by atoms with van der Waals surface area (Å²) in [6.45, 7) is 4.40. The van der Waals surface area contributed by atoms with Crippen LogP contribution in [0.2, 0.25) is 0 Å². The lowest BCUT2D eigenvalue weighted by Gasteiger charge is -2.31. The maximum Gasteiger partial charge on any atom is 0.471 e. The minimum atomic E-state index is -5.25. The second-order valence-corrected chi connectivity index (χ2v) is 6.64. The third-order valence-corrected chi connectivity index (χ3v) is 3.29. The van der Waals surface area contributed by atoms with E-state index in [1.165, 1.54) is 26.1 Å². The maximum absolute atomic E-state index is 12.5. The Hall–Kier alpha value is -1.55. The number of esters is 2. The molecule has 0 aliphatic heterocycles. The van der Waals surface area contributed by atoms with Gasteiger partial charge in [-0.1, -0.05) is 0 Å². The summed E-state index contributed by atoms with van der Waals surface area (Å²) in [5, 5.41) is 11.7. The zero-order chi connectivity index (χ0) is 20.1. The normalized spacial score (nSPS) is 15.7. The Balaban J connectivity index is 5.45. The van der Waals surface area contributed by atoms with Crippen molar-refractivity contribution in [2.75, 3.05) is 13.0 Å². The molecule has 146 valence electrons. The Bertz CT molecular complexity index is 506. The second-order valence-electron chi connectivity index (χ2n) is 6.37. The molecular weight excluding hydrogens is 371 g/mol. The summed E-state index contributed by atoms with van der Waals surface area (Å²) in [6.07, 6.45) is -6.71. The number of carbonyl (C=O) groups is 3. The summed E-state index contributed by atoms with van der Waals surface area (Å²) in [5.41, 5.74) is -3.14. The molecule has 11 heteroatoms. The molecule has 2 unspecified atom stereocenters. The van der Waals surface area contributed by atoms with E-state index in [1.807, 2.05) is 0 Å². The molecule has 1 amide bonds. The van der Waals surface area contributed by atoms with Gasteiger partial charge in [0.1, 0.15) is 11.6 Å². The Kier molecular flexibility index (Phi) is 8.16. The standard InChI is InChI=1S/C14H21ClF3NO6/c1-12(2,3)25-10(21)8(19-11(22)14(16,17)18)5-13(23,7-15)6-9(20)24-4/h8,23H,5-7H2,1-4H3,(H,19,22). The second kappa shape index (κ2) is 8.70. The number of aliphatic hydroxyl groups is 1. The van der Waals surface area contributed by atoms with E-state index in [0.29, 0.717) is 0 Å². The lowest BCUT2D eigenvalue weighted by molar-refractivity contribution is -0.178. The molecule has 0 aliphatic rings. The quantitative estimate of drug-likeness (QED) is 0.501. The topological polar surface area (TPSA) is 102 Å². The van der Waals surface area contributed by atoms with E-state index in [0.717, 1.165) is 7.11 Å². The van der Waals surface area contributed by atoms with Crippen molar-refractivity contribution in [3.63, 3.8) is 0 Å². The minimum Gasteiger partial charge on any atom is -0.469 e. The third-order valence-electron chi connectivity index (χ3n) is 2.79. The summed E-state index contributed by atoms with van der Waals surface area (Å²) in [7, 11) is 1.04. The summed E-state index contributed by atoms with van der Waals surface area (Å²) < 4.78 is 46.7. The van der Waals surface area contributed by atoms with E-state index in [-0.39, 0.29) is 0 Å². The Morgan fingerprint density at radius 2 is 1.72 bits per heavy atom. The van der Waals surface area contributed by atoms with Crippen molar-refractivity contribution in [3.8, 4) is 0 Å².